The summed E-state index contributed by atoms with van der Waals surface area (Å²) in [4.78, 5) is 26.9. The lowest BCUT2D eigenvalue weighted by molar-refractivity contribution is -0.120. The van der Waals surface area contributed by atoms with Crippen molar-refractivity contribution in [2.75, 3.05) is 13.1 Å². The highest BCUT2D eigenvalue weighted by molar-refractivity contribution is 9.10. The van der Waals surface area contributed by atoms with Crippen LogP contribution < -0.4 is 10.6 Å². The van der Waals surface area contributed by atoms with Crippen molar-refractivity contribution >= 4 is 27.7 Å². The van der Waals surface area contributed by atoms with E-state index >= 15 is 0 Å². The molecule has 2 N–H and O–H groups in total. The van der Waals surface area contributed by atoms with Gasteiger partial charge < -0.3 is 10.6 Å². The smallest absolute Gasteiger partial charge is 0.254 e. The number of hydrogen-bond donors (Lipinski definition) is 2. The summed E-state index contributed by atoms with van der Waals surface area (Å²) in [5.74, 6) is -0.517. The molecule has 0 spiro atoms. The number of nitrogens with zero attached hydrogens (tertiary/aromatic N) is 1. The van der Waals surface area contributed by atoms with Crippen molar-refractivity contribution < 1.29 is 9.59 Å². The molecule has 1 heterocycles. The summed E-state index contributed by atoms with van der Waals surface area (Å²) in [6.45, 7) is 2.55. The number of aromatic nitrogens is 1. The van der Waals surface area contributed by atoms with Gasteiger partial charge in [0.1, 0.15) is 4.60 Å². The topological polar surface area (TPSA) is 71.1 Å². The van der Waals surface area contributed by atoms with Gasteiger partial charge in [0.15, 0.2) is 0 Å². The van der Waals surface area contributed by atoms with Crippen molar-refractivity contribution in [1.29, 1.82) is 0 Å². The molecule has 6 heteroatoms. The van der Waals surface area contributed by atoms with Gasteiger partial charge in [0.25, 0.3) is 5.91 Å². The molecule has 0 saturated carbocycles. The van der Waals surface area contributed by atoms with Crippen molar-refractivity contribution in [3.05, 3.63) is 28.5 Å². The van der Waals surface area contributed by atoms with E-state index < -0.39 is 0 Å². The molecule has 0 aliphatic heterocycles. The molecule has 0 aromatic carbocycles. The Hall–Kier alpha value is -1.43. The molecule has 1 aromatic rings. The van der Waals surface area contributed by atoms with Gasteiger partial charge in [0.05, 0.1) is 12.1 Å². The number of carbonyl (C=O) groups excluding carboxylic acids is 2. The Morgan fingerprint density at radius 2 is 2.18 bits per heavy atom. The average molecular weight is 300 g/mol. The minimum Gasteiger partial charge on any atom is -0.355 e. The summed E-state index contributed by atoms with van der Waals surface area (Å²) in [5.41, 5.74) is 0.413. The van der Waals surface area contributed by atoms with Crippen LogP contribution in [0.4, 0.5) is 0 Å². The van der Waals surface area contributed by atoms with E-state index in [0.717, 1.165) is 6.42 Å². The molecule has 0 aliphatic carbocycles. The van der Waals surface area contributed by atoms with E-state index in [2.05, 4.69) is 31.5 Å². The van der Waals surface area contributed by atoms with Gasteiger partial charge >= 0.3 is 0 Å². The molecule has 2 amide bonds. The third kappa shape index (κ3) is 4.52. The first-order valence-electron chi connectivity index (χ1n) is 5.30. The number of carbonyl (C=O) groups is 2. The fourth-order valence-electron chi connectivity index (χ4n) is 1.14. The van der Waals surface area contributed by atoms with Crippen LogP contribution in [0.15, 0.2) is 22.9 Å². The molecular weight excluding hydrogens is 286 g/mol. The van der Waals surface area contributed by atoms with Gasteiger partial charge in [-0.05, 0) is 34.5 Å². The summed E-state index contributed by atoms with van der Waals surface area (Å²) in [5, 5.41) is 5.20. The Balaban J connectivity index is 2.45. The lowest BCUT2D eigenvalue weighted by Crippen LogP contribution is -2.37. The third-order valence-electron chi connectivity index (χ3n) is 1.99. The Kier molecular flexibility index (Phi) is 5.62. The molecule has 1 rings (SSSR count). The number of pyridine rings is 1. The molecule has 92 valence electrons. The van der Waals surface area contributed by atoms with Crippen LogP contribution in [0, 0.1) is 0 Å². The van der Waals surface area contributed by atoms with Gasteiger partial charge in [-0.2, -0.15) is 0 Å². The van der Waals surface area contributed by atoms with E-state index in [-0.39, 0.29) is 18.4 Å². The van der Waals surface area contributed by atoms with Crippen molar-refractivity contribution in [2.45, 2.75) is 13.3 Å². The molecule has 1 aromatic heterocycles. The molecule has 0 fully saturated rings. The summed E-state index contributed by atoms with van der Waals surface area (Å²) in [6, 6.07) is 3.30. The molecule has 0 saturated heterocycles. The Bertz CT molecular complexity index is 409. The van der Waals surface area contributed by atoms with Crippen LogP contribution in [0.1, 0.15) is 23.7 Å². The quantitative estimate of drug-likeness (QED) is 0.800. The molecule has 0 atom stereocenters. The van der Waals surface area contributed by atoms with Crippen molar-refractivity contribution in [2.24, 2.45) is 0 Å². The fraction of sp³-hybridized carbons (Fsp3) is 0.364. The van der Waals surface area contributed by atoms with Crippen LogP contribution in [0.5, 0.6) is 0 Å². The maximum absolute atomic E-state index is 11.7. The second kappa shape index (κ2) is 7.01. The van der Waals surface area contributed by atoms with Crippen LogP contribution in [-0.4, -0.2) is 29.9 Å². The average Bonchev–Trinajstić information content (AvgIpc) is 2.34. The molecule has 5 nitrogen and oxygen atoms in total. The lowest BCUT2D eigenvalue weighted by atomic mass is 10.3. The summed E-state index contributed by atoms with van der Waals surface area (Å²) in [7, 11) is 0. The molecule has 17 heavy (non-hydrogen) atoms. The van der Waals surface area contributed by atoms with Gasteiger partial charge in [-0.25, -0.2) is 4.98 Å². The predicted octanol–water partition coefficient (Wildman–Crippen LogP) is 1.10. The van der Waals surface area contributed by atoms with Crippen molar-refractivity contribution in [1.82, 2.24) is 15.6 Å². The summed E-state index contributed by atoms with van der Waals surface area (Å²) >= 11 is 3.17. The van der Waals surface area contributed by atoms with E-state index in [9.17, 15) is 9.59 Å². The first kappa shape index (κ1) is 13.6. The maximum atomic E-state index is 11.7. The predicted molar refractivity (Wildman–Crippen MR) is 67.6 cm³/mol. The van der Waals surface area contributed by atoms with Gasteiger partial charge in [-0.1, -0.05) is 6.92 Å². The van der Waals surface area contributed by atoms with Crippen LogP contribution in [-0.2, 0) is 4.79 Å². The molecule has 0 radical (unpaired) electrons. The number of rotatable bonds is 5. The Morgan fingerprint density at radius 3 is 2.82 bits per heavy atom. The van der Waals surface area contributed by atoms with Gasteiger partial charge in [-0.15, -0.1) is 0 Å². The number of amides is 2. The first-order valence-corrected chi connectivity index (χ1v) is 6.10. The SMILES string of the molecule is CCCNC(=O)CNC(=O)c1cccnc1Br. The summed E-state index contributed by atoms with van der Waals surface area (Å²) < 4.78 is 0.464. The first-order chi connectivity index (χ1) is 8.15. The van der Waals surface area contributed by atoms with Crippen LogP contribution in [0.3, 0.4) is 0 Å². The second-order valence-corrected chi connectivity index (χ2v) is 4.13. The zero-order chi connectivity index (χ0) is 12.7. The summed E-state index contributed by atoms with van der Waals surface area (Å²) in [6.07, 6.45) is 2.45. The number of hydrogen-bond acceptors (Lipinski definition) is 3. The minimum atomic E-state index is -0.323. The van der Waals surface area contributed by atoms with E-state index in [1.165, 1.54) is 0 Å². The maximum Gasteiger partial charge on any atom is 0.254 e. The standard InChI is InChI=1S/C11H14BrN3O2/c1-2-5-13-9(16)7-15-11(17)8-4-3-6-14-10(8)12/h3-4,6H,2,5,7H2,1H3,(H,13,16)(H,15,17). The van der Waals surface area contributed by atoms with Gasteiger partial charge in [0, 0.05) is 12.7 Å². The molecule has 0 bridgehead atoms. The van der Waals surface area contributed by atoms with Crippen LogP contribution in [0.25, 0.3) is 0 Å². The Morgan fingerprint density at radius 1 is 1.41 bits per heavy atom. The number of nitrogens with one attached hydrogen (secondary N) is 2. The zero-order valence-electron chi connectivity index (χ0n) is 9.50. The molecule has 0 unspecified atom stereocenters. The van der Waals surface area contributed by atoms with E-state index in [1.807, 2.05) is 6.92 Å². The Labute approximate surface area is 108 Å². The minimum absolute atomic E-state index is 0.0276. The molecular formula is C11H14BrN3O2. The monoisotopic (exact) mass is 299 g/mol. The highest BCUT2D eigenvalue weighted by Crippen LogP contribution is 2.11. The highest BCUT2D eigenvalue weighted by atomic mass is 79.9. The normalized spacial score (nSPS) is 9.76. The van der Waals surface area contributed by atoms with Crippen molar-refractivity contribution in [3.63, 3.8) is 0 Å². The van der Waals surface area contributed by atoms with Crippen LogP contribution >= 0.6 is 15.9 Å². The zero-order valence-corrected chi connectivity index (χ0v) is 11.1. The van der Waals surface area contributed by atoms with E-state index in [0.29, 0.717) is 16.7 Å². The lowest BCUT2D eigenvalue weighted by Gasteiger charge is -2.06. The van der Waals surface area contributed by atoms with Gasteiger partial charge in [0.2, 0.25) is 5.91 Å². The van der Waals surface area contributed by atoms with E-state index in [4.69, 9.17) is 0 Å². The fourth-order valence-corrected chi connectivity index (χ4v) is 1.57. The third-order valence-corrected chi connectivity index (χ3v) is 2.62. The van der Waals surface area contributed by atoms with Gasteiger partial charge in [-0.3, -0.25) is 9.59 Å². The largest absolute Gasteiger partial charge is 0.355 e. The number of halogens is 1. The molecule has 0 aliphatic rings. The second-order valence-electron chi connectivity index (χ2n) is 3.37. The van der Waals surface area contributed by atoms with Crippen molar-refractivity contribution in [3.8, 4) is 0 Å². The van der Waals surface area contributed by atoms with E-state index in [1.54, 1.807) is 18.3 Å². The highest BCUT2D eigenvalue weighted by Gasteiger charge is 2.10. The van der Waals surface area contributed by atoms with Crippen LogP contribution in [0.2, 0.25) is 0 Å².